The van der Waals surface area contributed by atoms with Crippen LogP contribution in [0.1, 0.15) is 0 Å². The second-order valence-corrected chi connectivity index (χ2v) is 12.7. The zero-order valence-electron chi connectivity index (χ0n) is 23.7. The number of hydrogen-bond acceptors (Lipinski definition) is 5. The number of thiophene rings is 1. The van der Waals surface area contributed by atoms with Crippen LogP contribution in [0.2, 0.25) is 0 Å². The molecule has 0 saturated carbocycles. The Balaban J connectivity index is 1.23. The van der Waals surface area contributed by atoms with E-state index in [1.807, 2.05) is 6.07 Å². The maximum atomic E-state index is 6.04. The molecule has 208 valence electrons. The fourth-order valence-electron chi connectivity index (χ4n) is 7.37. The van der Waals surface area contributed by atoms with E-state index < -0.39 is 0 Å². The molecule has 0 aliphatic heterocycles. The van der Waals surface area contributed by atoms with Crippen molar-refractivity contribution in [1.82, 2.24) is 19.4 Å². The molecule has 0 aliphatic carbocycles. The average molecular weight is 593 g/mol. The monoisotopic (exact) mass is 592 g/mol. The lowest BCUT2D eigenvalue weighted by Crippen LogP contribution is -1.95. The lowest BCUT2D eigenvalue weighted by molar-refractivity contribution is 0.605. The number of benzene rings is 6. The SMILES string of the molecule is c1ccc2c(-c3ccc4c(c3)c3c5ocnc5cc5c6ccccc6n4c53)nc(-c3cccc4c3sc3ccccc34)nc2c1. The summed E-state index contributed by atoms with van der Waals surface area (Å²) in [5.41, 5.74) is 9.09. The van der Waals surface area contributed by atoms with Crippen LogP contribution in [0, 0.1) is 0 Å². The minimum Gasteiger partial charge on any atom is -0.443 e. The van der Waals surface area contributed by atoms with Crippen molar-refractivity contribution in [1.29, 1.82) is 0 Å². The van der Waals surface area contributed by atoms with Crippen LogP contribution < -0.4 is 0 Å². The standard InChI is InChI=1S/C39H20N4OS/c1-4-13-29-25(10-1)35(42-39(41-29)26-12-7-11-24-23-9-3-6-15-33(23)45-38(24)26)21-16-17-32-28(18-21)34-36-27(19-30-37(34)44-20-40-30)22-8-2-5-14-31(22)43(32)36/h1-20H. The Hall–Kier alpha value is -5.85. The fourth-order valence-corrected chi connectivity index (χ4v) is 8.58. The molecule has 0 N–H and O–H groups in total. The predicted octanol–water partition coefficient (Wildman–Crippen LogP) is 10.6. The summed E-state index contributed by atoms with van der Waals surface area (Å²) in [5, 5.41) is 8.14. The summed E-state index contributed by atoms with van der Waals surface area (Å²) in [5.74, 6) is 0.735. The Morgan fingerprint density at radius 2 is 1.40 bits per heavy atom. The summed E-state index contributed by atoms with van der Waals surface area (Å²) in [7, 11) is 0. The van der Waals surface area contributed by atoms with Crippen molar-refractivity contribution in [2.45, 2.75) is 0 Å². The molecule has 0 saturated heterocycles. The maximum absolute atomic E-state index is 6.04. The Morgan fingerprint density at radius 3 is 2.36 bits per heavy atom. The number of hydrogen-bond donors (Lipinski definition) is 0. The number of fused-ring (bicyclic) bond motifs is 12. The summed E-state index contributed by atoms with van der Waals surface area (Å²) in [6.07, 6.45) is 1.55. The molecule has 5 aromatic heterocycles. The summed E-state index contributed by atoms with van der Waals surface area (Å²) in [6, 6.07) is 40.8. The van der Waals surface area contributed by atoms with Gasteiger partial charge in [-0.2, -0.15) is 0 Å². The van der Waals surface area contributed by atoms with Gasteiger partial charge in [0.05, 0.1) is 33.1 Å². The van der Waals surface area contributed by atoms with E-state index in [0.29, 0.717) is 0 Å². The fraction of sp³-hybridized carbons (Fsp3) is 0. The molecule has 45 heavy (non-hydrogen) atoms. The molecule has 0 spiro atoms. The lowest BCUT2D eigenvalue weighted by atomic mass is 10.0. The minimum atomic E-state index is 0.735. The zero-order valence-corrected chi connectivity index (χ0v) is 24.5. The number of para-hydroxylation sites is 2. The first-order valence-corrected chi connectivity index (χ1v) is 15.8. The maximum Gasteiger partial charge on any atom is 0.182 e. The number of aromatic nitrogens is 4. The molecule has 0 bridgehead atoms. The summed E-state index contributed by atoms with van der Waals surface area (Å²) in [4.78, 5) is 15.0. The van der Waals surface area contributed by atoms with Crippen LogP contribution in [-0.4, -0.2) is 19.4 Å². The minimum absolute atomic E-state index is 0.735. The molecule has 5 nitrogen and oxygen atoms in total. The zero-order chi connectivity index (χ0) is 29.2. The van der Waals surface area contributed by atoms with Gasteiger partial charge in [0, 0.05) is 52.8 Å². The van der Waals surface area contributed by atoms with Gasteiger partial charge < -0.3 is 8.82 Å². The largest absolute Gasteiger partial charge is 0.443 e. The van der Waals surface area contributed by atoms with Crippen LogP contribution in [0.3, 0.4) is 0 Å². The average Bonchev–Trinajstić information content (AvgIpc) is 3.86. The molecule has 5 heterocycles. The summed E-state index contributed by atoms with van der Waals surface area (Å²) in [6.45, 7) is 0. The van der Waals surface area contributed by atoms with Crippen molar-refractivity contribution in [2.24, 2.45) is 0 Å². The number of nitrogens with zero attached hydrogens (tertiary/aromatic N) is 4. The molecule has 11 rings (SSSR count). The van der Waals surface area contributed by atoms with E-state index in [1.165, 1.54) is 36.5 Å². The van der Waals surface area contributed by atoms with Crippen molar-refractivity contribution in [3.8, 4) is 22.6 Å². The molecular formula is C39H20N4OS. The van der Waals surface area contributed by atoms with Crippen LogP contribution in [-0.2, 0) is 0 Å². The van der Waals surface area contributed by atoms with Crippen molar-refractivity contribution < 1.29 is 4.42 Å². The molecule has 6 heteroatoms. The van der Waals surface area contributed by atoms with Crippen molar-refractivity contribution in [3.63, 3.8) is 0 Å². The van der Waals surface area contributed by atoms with Crippen molar-refractivity contribution in [3.05, 3.63) is 122 Å². The van der Waals surface area contributed by atoms with Gasteiger partial charge in [0.1, 0.15) is 5.52 Å². The normalized spacial score (nSPS) is 12.4. The van der Waals surface area contributed by atoms with Gasteiger partial charge >= 0.3 is 0 Å². The first-order chi connectivity index (χ1) is 22.3. The highest BCUT2D eigenvalue weighted by Gasteiger charge is 2.23. The van der Waals surface area contributed by atoms with Crippen molar-refractivity contribution in [2.75, 3.05) is 0 Å². The van der Waals surface area contributed by atoms with Crippen LogP contribution >= 0.6 is 11.3 Å². The Bertz CT molecular complexity index is 3000. The van der Waals surface area contributed by atoms with Crippen molar-refractivity contribution >= 4 is 91.6 Å². The molecule has 0 fully saturated rings. The third kappa shape index (κ3) is 3.04. The molecule has 11 aromatic rings. The summed E-state index contributed by atoms with van der Waals surface area (Å²) < 4.78 is 10.9. The highest BCUT2D eigenvalue weighted by Crippen LogP contribution is 2.44. The topological polar surface area (TPSA) is 56.2 Å². The van der Waals surface area contributed by atoms with E-state index in [1.54, 1.807) is 17.7 Å². The Labute approximate surface area is 259 Å². The second-order valence-electron chi connectivity index (χ2n) is 11.6. The molecule has 0 aliphatic rings. The van der Waals surface area contributed by atoms with Crippen LogP contribution in [0.5, 0.6) is 0 Å². The van der Waals surface area contributed by atoms with Gasteiger partial charge in [0.15, 0.2) is 17.8 Å². The van der Waals surface area contributed by atoms with Gasteiger partial charge in [-0.25, -0.2) is 15.0 Å². The quantitative estimate of drug-likeness (QED) is 0.200. The van der Waals surface area contributed by atoms with Gasteiger partial charge in [-0.3, -0.25) is 0 Å². The van der Waals surface area contributed by atoms with E-state index in [4.69, 9.17) is 14.4 Å². The van der Waals surface area contributed by atoms with Crippen LogP contribution in [0.15, 0.2) is 126 Å². The smallest absolute Gasteiger partial charge is 0.182 e. The van der Waals surface area contributed by atoms with E-state index >= 15 is 0 Å². The van der Waals surface area contributed by atoms with Gasteiger partial charge in [-0.05, 0) is 42.5 Å². The highest BCUT2D eigenvalue weighted by atomic mass is 32.1. The van der Waals surface area contributed by atoms with Crippen LogP contribution in [0.25, 0.3) is 103 Å². The summed E-state index contributed by atoms with van der Waals surface area (Å²) >= 11 is 1.80. The lowest BCUT2D eigenvalue weighted by Gasteiger charge is -2.10. The van der Waals surface area contributed by atoms with E-state index in [0.717, 1.165) is 66.5 Å². The predicted molar refractivity (Wildman–Crippen MR) is 186 cm³/mol. The van der Waals surface area contributed by atoms with Gasteiger partial charge in [0.25, 0.3) is 0 Å². The van der Waals surface area contributed by atoms with Gasteiger partial charge in [0.2, 0.25) is 0 Å². The van der Waals surface area contributed by atoms with Crippen LogP contribution in [0.4, 0.5) is 0 Å². The molecule has 0 amide bonds. The van der Waals surface area contributed by atoms with E-state index in [9.17, 15) is 0 Å². The number of oxazole rings is 1. The van der Waals surface area contributed by atoms with E-state index in [-0.39, 0.29) is 0 Å². The molecular weight excluding hydrogens is 573 g/mol. The Kier molecular flexibility index (Phi) is 4.41. The first kappa shape index (κ1) is 23.6. The number of rotatable bonds is 2. The van der Waals surface area contributed by atoms with E-state index in [2.05, 4.69) is 119 Å². The molecule has 6 aromatic carbocycles. The third-order valence-electron chi connectivity index (χ3n) is 9.28. The molecule has 0 atom stereocenters. The third-order valence-corrected chi connectivity index (χ3v) is 10.5. The Morgan fingerprint density at radius 1 is 0.600 bits per heavy atom. The molecule has 0 radical (unpaired) electrons. The second kappa shape index (κ2) is 8.40. The first-order valence-electron chi connectivity index (χ1n) is 14.9. The molecule has 0 unspecified atom stereocenters. The highest BCUT2D eigenvalue weighted by molar-refractivity contribution is 7.26. The van der Waals surface area contributed by atoms with Gasteiger partial charge in [-0.15, -0.1) is 11.3 Å². The van der Waals surface area contributed by atoms with Gasteiger partial charge in [-0.1, -0.05) is 72.8 Å².